The lowest BCUT2D eigenvalue weighted by Crippen LogP contribution is -2.17. The van der Waals surface area contributed by atoms with Crippen LogP contribution in [0.5, 0.6) is 17.2 Å². The van der Waals surface area contributed by atoms with E-state index in [1.54, 1.807) is 66.7 Å². The Bertz CT molecular complexity index is 1130. The van der Waals surface area contributed by atoms with E-state index in [0.717, 1.165) is 6.42 Å². The number of hydrogen-bond donors (Lipinski definition) is 1. The van der Waals surface area contributed by atoms with Gasteiger partial charge in [-0.3, -0.25) is 4.79 Å². The molecule has 0 spiro atoms. The molecule has 8 heteroatoms. The van der Waals surface area contributed by atoms with Crippen LogP contribution < -0.4 is 19.6 Å². The number of amides is 1. The molecule has 0 bridgehead atoms. The van der Waals surface area contributed by atoms with Crippen molar-refractivity contribution < 1.29 is 23.8 Å². The van der Waals surface area contributed by atoms with Crippen LogP contribution in [-0.2, 0) is 0 Å². The normalized spacial score (nSPS) is 10.6. The van der Waals surface area contributed by atoms with Gasteiger partial charge in [-0.2, -0.15) is 5.10 Å². The fraction of sp³-hybridized carbons (Fsp3) is 0.160. The summed E-state index contributed by atoms with van der Waals surface area (Å²) >= 11 is 5.84. The number of carbonyl (C=O) groups is 2. The van der Waals surface area contributed by atoms with Gasteiger partial charge >= 0.3 is 5.97 Å². The van der Waals surface area contributed by atoms with Gasteiger partial charge in [-0.25, -0.2) is 10.2 Å². The lowest BCUT2D eigenvalue weighted by atomic mass is 10.2. The minimum atomic E-state index is -0.537. The Morgan fingerprint density at radius 3 is 2.33 bits per heavy atom. The molecule has 0 aliphatic heterocycles. The zero-order valence-electron chi connectivity index (χ0n) is 18.2. The summed E-state index contributed by atoms with van der Waals surface area (Å²) in [6, 6.07) is 18.1. The Hall–Kier alpha value is -3.84. The summed E-state index contributed by atoms with van der Waals surface area (Å²) in [6.07, 6.45) is 2.37. The van der Waals surface area contributed by atoms with Crippen LogP contribution >= 0.6 is 11.6 Å². The van der Waals surface area contributed by atoms with Crippen LogP contribution in [0.4, 0.5) is 0 Å². The third-order valence-corrected chi connectivity index (χ3v) is 4.69. The first-order valence-corrected chi connectivity index (χ1v) is 10.6. The molecule has 0 heterocycles. The van der Waals surface area contributed by atoms with Gasteiger partial charge in [-0.15, -0.1) is 0 Å². The number of rotatable bonds is 9. The van der Waals surface area contributed by atoms with Gasteiger partial charge in [-0.05, 0) is 78.7 Å². The Morgan fingerprint density at radius 1 is 0.970 bits per heavy atom. The number of nitrogens with zero attached hydrogens (tertiary/aromatic N) is 1. The molecule has 0 aliphatic carbocycles. The van der Waals surface area contributed by atoms with Gasteiger partial charge in [0.05, 0.1) is 25.5 Å². The van der Waals surface area contributed by atoms with E-state index in [0.29, 0.717) is 39.8 Å². The summed E-state index contributed by atoms with van der Waals surface area (Å²) in [5.41, 5.74) is 3.93. The first-order valence-electron chi connectivity index (χ1n) is 10.2. The summed E-state index contributed by atoms with van der Waals surface area (Å²) in [5, 5.41) is 4.51. The highest BCUT2D eigenvalue weighted by molar-refractivity contribution is 6.30. The molecular weight excluding hydrogens is 444 g/mol. The van der Waals surface area contributed by atoms with Crippen molar-refractivity contribution in [3.8, 4) is 17.2 Å². The molecule has 0 saturated heterocycles. The van der Waals surface area contributed by atoms with Crippen molar-refractivity contribution in [3.63, 3.8) is 0 Å². The number of hydrogen-bond acceptors (Lipinski definition) is 6. The van der Waals surface area contributed by atoms with E-state index in [1.165, 1.54) is 13.3 Å². The molecule has 1 amide bonds. The van der Waals surface area contributed by atoms with Crippen LogP contribution in [0.15, 0.2) is 71.8 Å². The van der Waals surface area contributed by atoms with E-state index in [9.17, 15) is 9.59 Å². The predicted molar refractivity (Wildman–Crippen MR) is 127 cm³/mol. The summed E-state index contributed by atoms with van der Waals surface area (Å²) in [6.45, 7) is 2.65. The fourth-order valence-electron chi connectivity index (χ4n) is 2.75. The number of carbonyl (C=O) groups excluding carboxylic acids is 2. The molecule has 0 fully saturated rings. The van der Waals surface area contributed by atoms with Gasteiger partial charge in [0, 0.05) is 10.6 Å². The van der Waals surface area contributed by atoms with Crippen molar-refractivity contribution in [3.05, 3.63) is 88.4 Å². The number of hydrazone groups is 1. The highest BCUT2D eigenvalue weighted by Crippen LogP contribution is 2.28. The van der Waals surface area contributed by atoms with Crippen LogP contribution in [0.25, 0.3) is 0 Å². The van der Waals surface area contributed by atoms with E-state index in [4.69, 9.17) is 25.8 Å². The molecule has 0 atom stereocenters. The largest absolute Gasteiger partial charge is 0.494 e. The van der Waals surface area contributed by atoms with Crippen LogP contribution in [-0.4, -0.2) is 31.8 Å². The number of methoxy groups -OCH3 is 1. The van der Waals surface area contributed by atoms with Gasteiger partial charge in [0.15, 0.2) is 11.5 Å². The third kappa shape index (κ3) is 6.82. The Balaban J connectivity index is 1.61. The number of halogens is 1. The maximum Gasteiger partial charge on any atom is 0.343 e. The molecule has 0 aliphatic rings. The van der Waals surface area contributed by atoms with Crippen LogP contribution in [0.1, 0.15) is 39.6 Å². The van der Waals surface area contributed by atoms with Crippen LogP contribution in [0.3, 0.4) is 0 Å². The number of benzene rings is 3. The summed E-state index contributed by atoms with van der Waals surface area (Å²) < 4.78 is 16.2. The number of ether oxygens (including phenoxy) is 3. The van der Waals surface area contributed by atoms with Gasteiger partial charge in [0.1, 0.15) is 5.75 Å². The standard InChI is InChI=1S/C25H23ClN2O5/c1-3-14-32-21-11-7-18(8-12-21)24(29)28-27-16-17-4-13-22(23(15-17)31-2)33-25(30)19-5-9-20(26)10-6-19/h4-13,15-16H,3,14H2,1-2H3,(H,28,29). The smallest absolute Gasteiger partial charge is 0.343 e. The lowest BCUT2D eigenvalue weighted by molar-refractivity contribution is 0.0729. The summed E-state index contributed by atoms with van der Waals surface area (Å²) in [5.74, 6) is 0.415. The minimum Gasteiger partial charge on any atom is -0.494 e. The third-order valence-electron chi connectivity index (χ3n) is 4.44. The minimum absolute atomic E-state index is 0.254. The second kappa shape index (κ2) is 11.7. The average Bonchev–Trinajstić information content (AvgIpc) is 2.84. The average molecular weight is 467 g/mol. The van der Waals surface area contributed by atoms with E-state index in [-0.39, 0.29) is 11.7 Å². The Labute approximate surface area is 196 Å². The Kier molecular flexibility index (Phi) is 8.43. The quantitative estimate of drug-likeness (QED) is 0.205. The fourth-order valence-corrected chi connectivity index (χ4v) is 2.87. The number of nitrogens with one attached hydrogen (secondary N) is 1. The monoisotopic (exact) mass is 466 g/mol. The van der Waals surface area contributed by atoms with Crippen molar-refractivity contribution in [1.29, 1.82) is 0 Å². The number of esters is 1. The molecule has 0 radical (unpaired) electrons. The van der Waals surface area contributed by atoms with Crippen molar-refractivity contribution in [2.75, 3.05) is 13.7 Å². The van der Waals surface area contributed by atoms with E-state index in [1.807, 2.05) is 6.92 Å². The molecule has 3 aromatic carbocycles. The van der Waals surface area contributed by atoms with Crippen molar-refractivity contribution in [1.82, 2.24) is 5.43 Å². The van der Waals surface area contributed by atoms with Crippen molar-refractivity contribution in [2.24, 2.45) is 5.10 Å². The first kappa shape index (κ1) is 23.8. The molecule has 170 valence electrons. The van der Waals surface area contributed by atoms with Crippen molar-refractivity contribution in [2.45, 2.75) is 13.3 Å². The summed E-state index contributed by atoms with van der Waals surface area (Å²) in [4.78, 5) is 24.6. The topological polar surface area (TPSA) is 86.2 Å². The molecule has 1 N–H and O–H groups in total. The highest BCUT2D eigenvalue weighted by Gasteiger charge is 2.13. The molecule has 0 saturated carbocycles. The van der Waals surface area contributed by atoms with Gasteiger partial charge in [-0.1, -0.05) is 18.5 Å². The molecule has 3 rings (SSSR count). The first-order chi connectivity index (χ1) is 16.0. The van der Waals surface area contributed by atoms with E-state index in [2.05, 4.69) is 10.5 Å². The maximum atomic E-state index is 12.3. The van der Waals surface area contributed by atoms with Gasteiger partial charge in [0.25, 0.3) is 5.91 Å². The molecular formula is C25H23ClN2O5. The second-order valence-electron chi connectivity index (χ2n) is 6.88. The van der Waals surface area contributed by atoms with Crippen LogP contribution in [0, 0.1) is 0 Å². The van der Waals surface area contributed by atoms with E-state index < -0.39 is 5.97 Å². The zero-order chi connectivity index (χ0) is 23.6. The lowest BCUT2D eigenvalue weighted by Gasteiger charge is -2.10. The van der Waals surface area contributed by atoms with Crippen LogP contribution in [0.2, 0.25) is 5.02 Å². The van der Waals surface area contributed by atoms with E-state index >= 15 is 0 Å². The molecule has 33 heavy (non-hydrogen) atoms. The molecule has 0 aromatic heterocycles. The van der Waals surface area contributed by atoms with Gasteiger partial charge < -0.3 is 14.2 Å². The van der Waals surface area contributed by atoms with Gasteiger partial charge in [0.2, 0.25) is 0 Å². The molecule has 3 aromatic rings. The second-order valence-corrected chi connectivity index (χ2v) is 7.32. The predicted octanol–water partition coefficient (Wildman–Crippen LogP) is 5.12. The summed E-state index contributed by atoms with van der Waals surface area (Å²) in [7, 11) is 1.46. The Morgan fingerprint density at radius 2 is 1.67 bits per heavy atom. The molecule has 0 unspecified atom stereocenters. The highest BCUT2D eigenvalue weighted by atomic mass is 35.5. The van der Waals surface area contributed by atoms with Crippen molar-refractivity contribution >= 4 is 29.7 Å². The maximum absolute atomic E-state index is 12.3. The SMILES string of the molecule is CCCOc1ccc(C(=O)NN=Cc2ccc(OC(=O)c3ccc(Cl)cc3)c(OC)c2)cc1. The zero-order valence-corrected chi connectivity index (χ0v) is 19.0. The molecule has 7 nitrogen and oxygen atoms in total.